The van der Waals surface area contributed by atoms with Crippen molar-refractivity contribution < 1.29 is 32.3 Å². The van der Waals surface area contributed by atoms with E-state index in [4.69, 9.17) is 18.0 Å². The summed E-state index contributed by atoms with van der Waals surface area (Å²) in [6.07, 6.45) is 0.550. The van der Waals surface area contributed by atoms with E-state index in [1.54, 1.807) is 4.57 Å². The van der Waals surface area contributed by atoms with Gasteiger partial charge in [-0.05, 0) is 26.8 Å². The lowest BCUT2D eigenvalue weighted by Crippen LogP contribution is -2.66. The molecule has 0 saturated carbocycles. The maximum atomic E-state index is 12.2. The van der Waals surface area contributed by atoms with Crippen LogP contribution in [0.25, 0.3) is 0 Å². The zero-order chi connectivity index (χ0) is 17.9. The Hall–Kier alpha value is -1.00. The zero-order valence-electron chi connectivity index (χ0n) is 14.9. The van der Waals surface area contributed by atoms with Gasteiger partial charge in [0, 0.05) is 20.3 Å². The molecule has 0 aliphatic rings. The number of ether oxygens (including phenoxy) is 2. The van der Waals surface area contributed by atoms with Crippen LogP contribution < -0.4 is 0 Å². The Morgan fingerprint density at radius 1 is 1.00 bits per heavy atom. The Balaban J connectivity index is 5.76. The molecule has 0 bridgehead atoms. The molecule has 0 aliphatic heterocycles. The fraction of sp³-hybridized carbons (Fsp3) is 0.857. The molecule has 0 aromatic heterocycles. The van der Waals surface area contributed by atoms with Gasteiger partial charge in [-0.2, -0.15) is 0 Å². The third-order valence-corrected chi connectivity index (χ3v) is 6.23. The lowest BCUT2D eigenvalue weighted by molar-refractivity contribution is -0.153. The first kappa shape index (κ1) is 22.0. The molecule has 0 fully saturated rings. The molecule has 0 aromatic carbocycles. The third-order valence-electron chi connectivity index (χ3n) is 3.16. The summed E-state index contributed by atoms with van der Waals surface area (Å²) in [7, 11) is 0.705. The Bertz CT molecular complexity index is 361. The second-order valence-electron chi connectivity index (χ2n) is 4.61. The Labute approximate surface area is 139 Å². The Morgan fingerprint density at radius 2 is 1.57 bits per heavy atom. The molecule has 0 aliphatic carbocycles. The number of nitrogens with zero attached hydrogens (tertiary/aromatic N) is 1. The monoisotopic (exact) mass is 351 g/mol. The molecular weight excluding hydrogens is 322 g/mol. The largest absolute Gasteiger partial charge is 0.600 e. The molecule has 0 saturated heterocycles. The van der Waals surface area contributed by atoms with Crippen molar-refractivity contribution >= 4 is 20.9 Å². The summed E-state index contributed by atoms with van der Waals surface area (Å²) in [5.41, 5.74) is 0. The number of rotatable bonds is 12. The second-order valence-corrected chi connectivity index (χ2v) is 7.21. The summed E-state index contributed by atoms with van der Waals surface area (Å²) in [4.78, 5) is 24.0. The van der Waals surface area contributed by atoms with Crippen molar-refractivity contribution in [3.63, 3.8) is 0 Å². The highest BCUT2D eigenvalue weighted by molar-refractivity contribution is 6.58. The van der Waals surface area contributed by atoms with Crippen LogP contribution in [0.2, 0.25) is 0 Å². The summed E-state index contributed by atoms with van der Waals surface area (Å²) in [5, 5.41) is 0. The Morgan fingerprint density at radius 3 is 1.91 bits per heavy atom. The first-order valence-electron chi connectivity index (χ1n) is 7.70. The van der Waals surface area contributed by atoms with Crippen LogP contribution in [0.5, 0.6) is 0 Å². The molecule has 136 valence electrons. The second kappa shape index (κ2) is 11.5. The lowest BCUT2D eigenvalue weighted by atomic mass is 10.2. The van der Waals surface area contributed by atoms with Crippen molar-refractivity contribution in [2.45, 2.75) is 39.7 Å². The van der Waals surface area contributed by atoms with Gasteiger partial charge in [0.25, 0.3) is 0 Å². The van der Waals surface area contributed by atoms with Crippen molar-refractivity contribution in [3.05, 3.63) is 0 Å². The molecule has 0 heterocycles. The number of carbonyl (C=O) groups excluding carboxylic acids is 2. The molecule has 1 unspecified atom stereocenters. The van der Waals surface area contributed by atoms with Crippen molar-refractivity contribution in [2.24, 2.45) is 0 Å². The highest BCUT2D eigenvalue weighted by Gasteiger charge is 2.53. The average molecular weight is 351 g/mol. The van der Waals surface area contributed by atoms with E-state index < -0.39 is 26.9 Å². The smallest absolute Gasteiger partial charge is 0.469 e. The maximum absolute atomic E-state index is 12.2. The molecule has 0 amide bonds. The predicted octanol–water partition coefficient (Wildman–Crippen LogP) is 0.958. The van der Waals surface area contributed by atoms with Crippen LogP contribution in [0.15, 0.2) is 0 Å². The lowest BCUT2D eigenvalue weighted by Gasteiger charge is -2.39. The van der Waals surface area contributed by atoms with E-state index in [9.17, 15) is 9.59 Å². The molecule has 9 heteroatoms. The van der Waals surface area contributed by atoms with Crippen LogP contribution in [-0.2, 0) is 32.3 Å². The fourth-order valence-electron chi connectivity index (χ4n) is 2.23. The van der Waals surface area contributed by atoms with Crippen LogP contribution in [0.1, 0.15) is 33.6 Å². The van der Waals surface area contributed by atoms with Gasteiger partial charge in [-0.25, -0.2) is 4.57 Å². The van der Waals surface area contributed by atoms with Crippen molar-refractivity contribution in [2.75, 3.05) is 41.1 Å². The number of esters is 2. The average Bonchev–Trinajstić information content (AvgIpc) is 2.56. The number of methoxy groups -OCH3 is 2. The van der Waals surface area contributed by atoms with E-state index >= 15 is 0 Å². The van der Waals surface area contributed by atoms with Gasteiger partial charge < -0.3 is 22.8 Å². The summed E-state index contributed by atoms with van der Waals surface area (Å²) in [5.74, 6) is -1.08. The van der Waals surface area contributed by atoms with Gasteiger partial charge in [-0.3, -0.25) is 9.59 Å². The van der Waals surface area contributed by atoms with Crippen LogP contribution >= 0.6 is 0 Å². The molecule has 0 spiro atoms. The minimum atomic E-state index is -3.32. The zero-order valence-corrected chi connectivity index (χ0v) is 15.9. The molecule has 0 rings (SSSR count). The van der Waals surface area contributed by atoms with E-state index in [-0.39, 0.29) is 6.42 Å². The summed E-state index contributed by atoms with van der Waals surface area (Å²) in [6, 6.07) is -0.892. The van der Waals surface area contributed by atoms with Gasteiger partial charge in [0.1, 0.15) is 6.04 Å². The van der Waals surface area contributed by atoms with Gasteiger partial charge in [0.05, 0.1) is 20.6 Å². The SMILES string of the molecule is CCCN(C(CC(=O)OC)C(=O)OC)[Si](OC)(OCC)OCC. The van der Waals surface area contributed by atoms with Gasteiger partial charge >= 0.3 is 20.9 Å². The van der Waals surface area contributed by atoms with Gasteiger partial charge in [-0.15, -0.1) is 0 Å². The molecule has 0 aromatic rings. The Kier molecular flexibility index (Phi) is 11.0. The van der Waals surface area contributed by atoms with Crippen molar-refractivity contribution in [3.8, 4) is 0 Å². The van der Waals surface area contributed by atoms with E-state index in [0.29, 0.717) is 26.2 Å². The highest BCUT2D eigenvalue weighted by atomic mass is 28.4. The standard InChI is InChI=1S/C14H29NO7Si/c1-7-10-15(23(20-6,21-8-2)22-9-3)12(14(17)19-5)11-13(16)18-4/h12H,7-11H2,1-6H3. The minimum Gasteiger partial charge on any atom is -0.469 e. The van der Waals surface area contributed by atoms with Crippen molar-refractivity contribution in [1.29, 1.82) is 0 Å². The van der Waals surface area contributed by atoms with E-state index in [2.05, 4.69) is 4.74 Å². The highest BCUT2D eigenvalue weighted by Crippen LogP contribution is 2.22. The van der Waals surface area contributed by atoms with Crippen LogP contribution in [0, 0.1) is 0 Å². The van der Waals surface area contributed by atoms with E-state index in [1.165, 1.54) is 21.3 Å². The van der Waals surface area contributed by atoms with E-state index in [0.717, 1.165) is 0 Å². The van der Waals surface area contributed by atoms with E-state index in [1.807, 2.05) is 20.8 Å². The molecular formula is C14H29NO7Si. The topological polar surface area (TPSA) is 83.5 Å². The number of hydrogen-bond donors (Lipinski definition) is 0. The molecule has 1 atom stereocenters. The molecule has 8 nitrogen and oxygen atoms in total. The number of hydrogen-bond acceptors (Lipinski definition) is 8. The van der Waals surface area contributed by atoms with Crippen LogP contribution in [-0.4, -0.2) is 72.6 Å². The minimum absolute atomic E-state index is 0.165. The maximum Gasteiger partial charge on any atom is 0.600 e. The van der Waals surface area contributed by atoms with Gasteiger partial charge in [0.2, 0.25) is 0 Å². The summed E-state index contributed by atoms with van der Waals surface area (Å²) < 4.78 is 28.4. The predicted molar refractivity (Wildman–Crippen MR) is 85.4 cm³/mol. The molecule has 0 N–H and O–H groups in total. The van der Waals surface area contributed by atoms with Gasteiger partial charge in [-0.1, -0.05) is 6.92 Å². The first-order chi connectivity index (χ1) is 11.0. The quantitative estimate of drug-likeness (QED) is 0.380. The third kappa shape index (κ3) is 6.19. The summed E-state index contributed by atoms with van der Waals surface area (Å²) in [6.45, 7) is 6.75. The van der Waals surface area contributed by atoms with Crippen LogP contribution in [0.3, 0.4) is 0 Å². The van der Waals surface area contributed by atoms with Crippen LogP contribution in [0.4, 0.5) is 0 Å². The summed E-state index contributed by atoms with van der Waals surface area (Å²) >= 11 is 0. The molecule has 0 radical (unpaired) electrons. The first-order valence-corrected chi connectivity index (χ1v) is 9.37. The van der Waals surface area contributed by atoms with Crippen molar-refractivity contribution in [1.82, 2.24) is 4.57 Å². The fourth-order valence-corrected chi connectivity index (χ4v) is 4.92. The molecule has 23 heavy (non-hydrogen) atoms. The van der Waals surface area contributed by atoms with Gasteiger partial charge in [0.15, 0.2) is 0 Å². The number of carbonyl (C=O) groups is 2. The normalized spacial score (nSPS) is 13.0.